The van der Waals surface area contributed by atoms with Crippen molar-refractivity contribution >= 4 is 47.3 Å². The molecule has 0 heterocycles. The fraction of sp³-hybridized carbons (Fsp3) is 0.125. The summed E-state index contributed by atoms with van der Waals surface area (Å²) in [6, 6.07) is 20.3. The van der Waals surface area contributed by atoms with Gasteiger partial charge in [-0.15, -0.1) is 0 Å². The first kappa shape index (κ1) is 30.9. The van der Waals surface area contributed by atoms with Gasteiger partial charge < -0.3 is 18.9 Å². The highest BCUT2D eigenvalue weighted by atomic mass is 16.6. The van der Waals surface area contributed by atoms with Gasteiger partial charge in [0.15, 0.2) is 23.0 Å². The lowest BCUT2D eigenvalue weighted by Crippen LogP contribution is -1.98. The fourth-order valence-electron chi connectivity index (χ4n) is 4.11. The highest BCUT2D eigenvalue weighted by Crippen LogP contribution is 2.35. The summed E-state index contributed by atoms with van der Waals surface area (Å²) in [5, 5.41) is 23.0. The molecule has 224 valence electrons. The van der Waals surface area contributed by atoms with Crippen LogP contribution >= 0.6 is 0 Å². The van der Waals surface area contributed by atoms with Gasteiger partial charge in [0.05, 0.1) is 72.9 Å². The van der Waals surface area contributed by atoms with Crippen LogP contribution in [0.25, 0.3) is 12.2 Å². The van der Waals surface area contributed by atoms with Gasteiger partial charge in [-0.3, -0.25) is 30.2 Å². The predicted molar refractivity (Wildman–Crippen MR) is 169 cm³/mol. The lowest BCUT2D eigenvalue weighted by molar-refractivity contribution is -0.385. The summed E-state index contributed by atoms with van der Waals surface area (Å²) in [5.41, 5.74) is 3.34. The van der Waals surface area contributed by atoms with E-state index >= 15 is 0 Å². The van der Waals surface area contributed by atoms with E-state index in [1.807, 2.05) is 36.4 Å². The van der Waals surface area contributed by atoms with Gasteiger partial charge in [0.2, 0.25) is 0 Å². The van der Waals surface area contributed by atoms with E-state index in [1.165, 1.54) is 65.1 Å². The van der Waals surface area contributed by atoms with Crippen molar-refractivity contribution in [2.24, 2.45) is 9.98 Å². The molecule has 0 atom stereocenters. The van der Waals surface area contributed by atoms with E-state index in [0.29, 0.717) is 22.9 Å². The molecule has 44 heavy (non-hydrogen) atoms. The van der Waals surface area contributed by atoms with Crippen molar-refractivity contribution < 1.29 is 28.8 Å². The van der Waals surface area contributed by atoms with Gasteiger partial charge in [-0.25, -0.2) is 0 Å². The van der Waals surface area contributed by atoms with Gasteiger partial charge in [-0.2, -0.15) is 0 Å². The maximum absolute atomic E-state index is 11.5. The summed E-state index contributed by atoms with van der Waals surface area (Å²) in [4.78, 5) is 30.8. The van der Waals surface area contributed by atoms with E-state index in [4.69, 9.17) is 18.9 Å². The smallest absolute Gasteiger partial charge is 0.282 e. The second-order valence-electron chi connectivity index (χ2n) is 9.08. The number of nitro benzene ring substituents is 2. The molecule has 12 heteroatoms. The Balaban J connectivity index is 1.44. The van der Waals surface area contributed by atoms with Crippen LogP contribution in [-0.4, -0.2) is 50.7 Å². The van der Waals surface area contributed by atoms with E-state index in [-0.39, 0.29) is 34.0 Å². The molecule has 0 unspecified atom stereocenters. The topological polar surface area (TPSA) is 148 Å². The first-order valence-electron chi connectivity index (χ1n) is 13.0. The second kappa shape index (κ2) is 14.2. The van der Waals surface area contributed by atoms with Gasteiger partial charge in [0, 0.05) is 12.4 Å². The molecule has 0 aliphatic rings. The standard InChI is InChI=1S/C32H28N4O8/c1-41-29-15-23(27(35(37)38)17-31(29)43-3)19-33-25-11-7-21(8-12-25)5-6-22-9-13-26(14-10-22)34-20-24-16-30(42-2)32(44-4)18-28(24)36(39)40/h5-20H,1-4H3/b6-5+,33-19-,34-20-. The maximum atomic E-state index is 11.5. The highest BCUT2D eigenvalue weighted by Gasteiger charge is 2.19. The summed E-state index contributed by atoms with van der Waals surface area (Å²) in [6.45, 7) is 0. The van der Waals surface area contributed by atoms with Crippen molar-refractivity contribution in [2.45, 2.75) is 0 Å². The average Bonchev–Trinajstić information content (AvgIpc) is 3.05. The minimum atomic E-state index is -0.500. The van der Waals surface area contributed by atoms with Crippen LogP contribution in [0.15, 0.2) is 82.8 Å². The lowest BCUT2D eigenvalue weighted by Gasteiger charge is -2.08. The zero-order chi connectivity index (χ0) is 31.6. The Labute approximate surface area is 252 Å². The zero-order valence-corrected chi connectivity index (χ0v) is 24.3. The van der Waals surface area contributed by atoms with Crippen LogP contribution < -0.4 is 18.9 Å². The quantitative estimate of drug-likeness (QED) is 0.0721. The number of aliphatic imine (C=N–C) groups is 2. The van der Waals surface area contributed by atoms with Gasteiger partial charge in [-0.05, 0) is 47.5 Å². The number of methoxy groups -OCH3 is 4. The van der Waals surface area contributed by atoms with Crippen molar-refractivity contribution in [1.29, 1.82) is 0 Å². The monoisotopic (exact) mass is 596 g/mol. The molecule has 0 saturated heterocycles. The summed E-state index contributed by atoms with van der Waals surface area (Å²) >= 11 is 0. The Morgan fingerprint density at radius 1 is 0.545 bits per heavy atom. The average molecular weight is 597 g/mol. The number of nitro groups is 2. The molecule has 4 aromatic carbocycles. The van der Waals surface area contributed by atoms with E-state index in [2.05, 4.69) is 9.98 Å². The zero-order valence-electron chi connectivity index (χ0n) is 24.3. The number of hydrogen-bond acceptors (Lipinski definition) is 10. The third-order valence-electron chi connectivity index (χ3n) is 6.42. The fourth-order valence-corrected chi connectivity index (χ4v) is 4.11. The van der Waals surface area contributed by atoms with Crippen LogP contribution in [0.2, 0.25) is 0 Å². The molecule has 0 bridgehead atoms. The van der Waals surface area contributed by atoms with Crippen LogP contribution in [-0.2, 0) is 0 Å². The van der Waals surface area contributed by atoms with E-state index < -0.39 is 9.85 Å². The molecule has 0 aliphatic carbocycles. The van der Waals surface area contributed by atoms with E-state index in [0.717, 1.165) is 11.1 Å². The molecule has 0 fully saturated rings. The normalized spacial score (nSPS) is 11.3. The molecular formula is C32H28N4O8. The molecule has 0 radical (unpaired) electrons. The Morgan fingerprint density at radius 2 is 0.864 bits per heavy atom. The third-order valence-corrected chi connectivity index (χ3v) is 6.42. The molecule has 4 rings (SSSR count). The molecule has 0 N–H and O–H groups in total. The Hall–Kier alpha value is -6.04. The summed E-state index contributed by atoms with van der Waals surface area (Å²) in [6.07, 6.45) is 6.69. The molecule has 12 nitrogen and oxygen atoms in total. The van der Waals surface area contributed by atoms with Crippen molar-refractivity contribution in [3.05, 3.63) is 115 Å². The Kier molecular flexibility index (Phi) is 9.99. The second-order valence-corrected chi connectivity index (χ2v) is 9.08. The SMILES string of the molecule is COc1cc(/C=N\c2ccc(/C=C/c3ccc(/N=C\c4cc(OC)c(OC)cc4[N+](=O)[O-])cc3)cc2)c([N+](=O)[O-])cc1OC. The minimum absolute atomic E-state index is 0.148. The molecule has 0 aliphatic heterocycles. The molecule has 0 aromatic heterocycles. The van der Waals surface area contributed by atoms with Crippen LogP contribution in [0, 0.1) is 20.2 Å². The molecule has 0 saturated carbocycles. The van der Waals surface area contributed by atoms with E-state index in [1.54, 1.807) is 24.3 Å². The number of benzene rings is 4. The predicted octanol–water partition coefficient (Wildman–Crippen LogP) is 7.21. The van der Waals surface area contributed by atoms with Crippen LogP contribution in [0.4, 0.5) is 22.7 Å². The Morgan fingerprint density at radius 3 is 1.16 bits per heavy atom. The lowest BCUT2D eigenvalue weighted by atomic mass is 10.1. The number of hydrogen-bond donors (Lipinski definition) is 0. The van der Waals surface area contributed by atoms with Gasteiger partial charge in [0.25, 0.3) is 11.4 Å². The van der Waals surface area contributed by atoms with E-state index in [9.17, 15) is 20.2 Å². The minimum Gasteiger partial charge on any atom is -0.493 e. The van der Waals surface area contributed by atoms with Crippen LogP contribution in [0.1, 0.15) is 22.3 Å². The van der Waals surface area contributed by atoms with Crippen molar-refractivity contribution in [3.8, 4) is 23.0 Å². The van der Waals surface area contributed by atoms with Gasteiger partial charge in [-0.1, -0.05) is 36.4 Å². The largest absolute Gasteiger partial charge is 0.493 e. The molecule has 4 aromatic rings. The highest BCUT2D eigenvalue weighted by molar-refractivity contribution is 5.89. The van der Waals surface area contributed by atoms with Crippen molar-refractivity contribution in [2.75, 3.05) is 28.4 Å². The number of rotatable bonds is 12. The van der Waals surface area contributed by atoms with Crippen molar-refractivity contribution in [1.82, 2.24) is 0 Å². The van der Waals surface area contributed by atoms with Crippen LogP contribution in [0.3, 0.4) is 0 Å². The van der Waals surface area contributed by atoms with Gasteiger partial charge >= 0.3 is 0 Å². The summed E-state index contributed by atoms with van der Waals surface area (Å²) < 4.78 is 20.8. The van der Waals surface area contributed by atoms with Crippen LogP contribution in [0.5, 0.6) is 23.0 Å². The number of ether oxygens (including phenoxy) is 4. The third kappa shape index (κ3) is 7.42. The molecule has 0 amide bonds. The molecular weight excluding hydrogens is 568 g/mol. The van der Waals surface area contributed by atoms with Gasteiger partial charge in [0.1, 0.15) is 0 Å². The Bertz CT molecular complexity index is 1620. The maximum Gasteiger partial charge on any atom is 0.282 e. The summed E-state index contributed by atoms with van der Waals surface area (Å²) in [7, 11) is 5.73. The first-order valence-corrected chi connectivity index (χ1v) is 13.0. The number of nitrogens with zero attached hydrogens (tertiary/aromatic N) is 4. The first-order chi connectivity index (χ1) is 21.3. The van der Waals surface area contributed by atoms with Crippen molar-refractivity contribution in [3.63, 3.8) is 0 Å². The molecule has 0 spiro atoms. The summed E-state index contributed by atoms with van der Waals surface area (Å²) in [5.74, 6) is 1.25.